The number of nitrogens with one attached hydrogen (secondary N) is 1. The maximum atomic E-state index is 17.3. The molecule has 3 N–H and O–H groups in total. The first-order valence-electron chi connectivity index (χ1n) is 28.6. The summed E-state index contributed by atoms with van der Waals surface area (Å²) in [6, 6.07) is 14.8. The highest BCUT2D eigenvalue weighted by atomic mass is 19.1. The summed E-state index contributed by atoms with van der Waals surface area (Å²) in [6.07, 6.45) is 9.20. The smallest absolute Gasteiger partial charge is 0.409 e. The van der Waals surface area contributed by atoms with Crippen molar-refractivity contribution in [1.29, 1.82) is 0 Å². The Morgan fingerprint density at radius 1 is 0.861 bits per heavy atom. The molecule has 0 bridgehead atoms. The van der Waals surface area contributed by atoms with Gasteiger partial charge in [0.15, 0.2) is 5.82 Å². The number of rotatable bonds is 12. The van der Waals surface area contributed by atoms with E-state index >= 15 is 8.78 Å². The predicted octanol–water partition coefficient (Wildman–Crippen LogP) is 8.08. The number of ether oxygens (including phenoxy) is 2. The number of amides is 3. The fourth-order valence-corrected chi connectivity index (χ4v) is 14.3. The molecule has 6 saturated heterocycles. The van der Waals surface area contributed by atoms with E-state index in [1.54, 1.807) is 42.8 Å². The van der Waals surface area contributed by atoms with Gasteiger partial charge in [0.25, 0.3) is 0 Å². The first kappa shape index (κ1) is 53.0. The van der Waals surface area contributed by atoms with Gasteiger partial charge in [-0.05, 0) is 179 Å². The number of nitrogens with zero attached hydrogens (tertiary/aromatic N) is 8. The lowest BCUT2D eigenvalue weighted by Gasteiger charge is -2.38. The van der Waals surface area contributed by atoms with Crippen LogP contribution < -0.4 is 20.6 Å². The molecule has 4 aromatic carbocycles. The maximum Gasteiger partial charge on any atom is 0.409 e. The van der Waals surface area contributed by atoms with Crippen LogP contribution in [-0.2, 0) is 27.8 Å². The highest BCUT2D eigenvalue weighted by molar-refractivity contribution is 6.03. The van der Waals surface area contributed by atoms with Crippen molar-refractivity contribution in [2.24, 2.45) is 13.0 Å². The van der Waals surface area contributed by atoms with Crippen molar-refractivity contribution >= 4 is 56.4 Å². The maximum absolute atomic E-state index is 17.3. The zero-order valence-electron chi connectivity index (χ0n) is 45.4. The largest absolute Gasteiger partial charge is 0.508 e. The number of β-amino-alcohol motifs (C(OH)–C–C–N with tert-alkyl or cyclic N) is 1. The zero-order valence-corrected chi connectivity index (χ0v) is 45.4. The number of anilines is 1. The number of likely N-dealkylation sites (tertiary alicyclic amines) is 2. The van der Waals surface area contributed by atoms with Crippen molar-refractivity contribution in [1.82, 2.24) is 39.1 Å². The summed E-state index contributed by atoms with van der Waals surface area (Å²) in [5, 5.41) is 25.9. The second kappa shape index (κ2) is 21.1. The molecule has 12 rings (SSSR count). The van der Waals surface area contributed by atoms with E-state index < -0.39 is 29.2 Å². The molecule has 17 nitrogen and oxygen atoms in total. The van der Waals surface area contributed by atoms with Gasteiger partial charge in [-0.3, -0.25) is 28.9 Å². The van der Waals surface area contributed by atoms with Gasteiger partial charge in [0.05, 0.1) is 22.2 Å². The Labute approximate surface area is 457 Å². The lowest BCUT2D eigenvalue weighted by molar-refractivity contribution is -0.135. The number of aryl methyl sites for hydroxylation is 2. The first-order valence-corrected chi connectivity index (χ1v) is 28.6. The lowest BCUT2D eigenvalue weighted by atomic mass is 9.88. The minimum Gasteiger partial charge on any atom is -0.508 e. The number of aliphatic hydroxyl groups is 1. The van der Waals surface area contributed by atoms with Gasteiger partial charge in [-0.15, -0.1) is 0 Å². The number of benzene rings is 4. The number of hydrogen-bond acceptors (Lipinski definition) is 13. The summed E-state index contributed by atoms with van der Waals surface area (Å²) < 4.78 is 48.4. The number of imide groups is 1. The number of phenolic OH excluding ortho intramolecular Hbond substituents is 1. The van der Waals surface area contributed by atoms with E-state index in [1.165, 1.54) is 22.3 Å². The van der Waals surface area contributed by atoms with Crippen LogP contribution in [0.4, 0.5) is 19.4 Å². The number of fused-ring (bicyclic) bond motifs is 4. The molecule has 2 aromatic heterocycles. The molecule has 19 heteroatoms. The summed E-state index contributed by atoms with van der Waals surface area (Å²) in [5.41, 5.74) is 2.05. The van der Waals surface area contributed by atoms with Crippen LogP contribution in [0.25, 0.3) is 43.8 Å². The van der Waals surface area contributed by atoms with Crippen LogP contribution in [0.1, 0.15) is 114 Å². The van der Waals surface area contributed by atoms with Crippen LogP contribution in [0.15, 0.2) is 59.4 Å². The van der Waals surface area contributed by atoms with E-state index in [1.807, 2.05) is 22.8 Å². The highest BCUT2D eigenvalue weighted by Gasteiger charge is 2.50. The van der Waals surface area contributed by atoms with Gasteiger partial charge in [0.1, 0.15) is 42.2 Å². The highest BCUT2D eigenvalue weighted by Crippen LogP contribution is 2.45. The summed E-state index contributed by atoms with van der Waals surface area (Å²) in [7, 11) is 1.73. The second-order valence-corrected chi connectivity index (χ2v) is 23.7. The number of aromatic nitrogens is 4. The number of carbonyl (C=O) groups excluding carboxylic acids is 3. The van der Waals surface area contributed by atoms with E-state index in [4.69, 9.17) is 19.4 Å². The van der Waals surface area contributed by atoms with Gasteiger partial charge in [-0.2, -0.15) is 9.97 Å². The summed E-state index contributed by atoms with van der Waals surface area (Å²) >= 11 is 0. The minimum absolute atomic E-state index is 0.0134. The fraction of sp³-hybridized carbons (Fsp3) is 0.533. The molecular weight excluding hydrogens is 1010 g/mol. The van der Waals surface area contributed by atoms with Crippen LogP contribution in [0.2, 0.25) is 0 Å². The molecule has 6 aliphatic heterocycles. The molecule has 6 aliphatic rings. The number of halogens is 2. The van der Waals surface area contributed by atoms with Crippen LogP contribution in [0.3, 0.4) is 0 Å². The second-order valence-electron chi connectivity index (χ2n) is 23.7. The molecule has 0 aliphatic carbocycles. The molecule has 3 amide bonds. The third-order valence-corrected chi connectivity index (χ3v) is 18.5. The van der Waals surface area contributed by atoms with Gasteiger partial charge in [-0.1, -0.05) is 25.1 Å². The number of hydrogen-bond donors (Lipinski definition) is 3. The molecule has 4 atom stereocenters. The Kier molecular flexibility index (Phi) is 14.1. The van der Waals surface area contributed by atoms with E-state index in [9.17, 15) is 29.4 Å². The number of aromatic hydroxyl groups is 1. The molecule has 1 unspecified atom stereocenters. The van der Waals surface area contributed by atoms with Gasteiger partial charge in [-0.25, -0.2) is 18.4 Å². The SMILES string of the molecule is CCc1c(F)ccc2cc(O)cc(-c3ccc4c(N5CCC[C@@](C)(O)C5)nc(OC[C@@]56CCCN5[C@H](COC(=O)N5CCC(CN7CCC(c8ccc9c(c8)n(C)c(=O)n9C8CCC(=O)NC8=O)CC7)CC5)CC6)nc4c3F)c12. The number of imidazole rings is 1. The van der Waals surface area contributed by atoms with E-state index in [0.717, 1.165) is 83.1 Å². The van der Waals surface area contributed by atoms with Crippen molar-refractivity contribution in [3.63, 3.8) is 0 Å². The van der Waals surface area contributed by atoms with Crippen molar-refractivity contribution in [3.8, 4) is 22.9 Å². The van der Waals surface area contributed by atoms with Crippen molar-refractivity contribution in [3.05, 3.63) is 87.8 Å². The Morgan fingerprint density at radius 3 is 2.43 bits per heavy atom. The standard InChI is InChI=1S/C60H71F2N9O8/c1-4-42-46(61)11-7-39-29-41(72)31-45(51(39)42)43-9-10-44-53(52(43)62)64-56(65-54(44)69-23-5-20-59(2,77)34-69)79-35-60-21-6-24-70(60)40(15-22-60)33-78-58(76)68-27-16-36(17-28-68)32-67-25-18-37(19-26-67)38-8-12-47-49(30-38)66(3)57(75)71(47)48-13-14-50(73)63-55(48)74/h7-12,29-31,36-37,40,48,72,77H,4-6,13-28,32-35H2,1-3H3,(H,63,73,74)/t40-,48?,59+,60-/m0/s1. The average molecular weight is 1080 g/mol. The van der Waals surface area contributed by atoms with E-state index in [2.05, 4.69) is 27.2 Å². The fourth-order valence-electron chi connectivity index (χ4n) is 14.3. The Balaban J connectivity index is 0.664. The first-order chi connectivity index (χ1) is 38.1. The molecule has 0 spiro atoms. The van der Waals surface area contributed by atoms with Gasteiger partial charge in [0.2, 0.25) is 11.8 Å². The number of carbonyl (C=O) groups is 3. The normalized spacial score (nSPS) is 24.7. The summed E-state index contributed by atoms with van der Waals surface area (Å²) in [4.78, 5) is 69.9. The van der Waals surface area contributed by atoms with Crippen LogP contribution in [0, 0.1) is 17.6 Å². The monoisotopic (exact) mass is 1080 g/mol. The number of phenols is 1. The molecule has 8 heterocycles. The zero-order chi connectivity index (χ0) is 54.9. The Hall–Kier alpha value is -6.70. The molecule has 418 valence electrons. The van der Waals surface area contributed by atoms with E-state index in [0.29, 0.717) is 95.8 Å². The Bertz CT molecular complexity index is 3440. The van der Waals surface area contributed by atoms with Crippen molar-refractivity contribution in [2.75, 3.05) is 70.5 Å². The quantitative estimate of drug-likeness (QED) is 0.1000. The topological polar surface area (TPSA) is 188 Å². The predicted molar refractivity (Wildman–Crippen MR) is 295 cm³/mol. The minimum atomic E-state index is -0.983. The number of piperidine rings is 4. The average Bonchev–Trinajstić information content (AvgIpc) is 4.32. The molecule has 6 fully saturated rings. The molecule has 0 radical (unpaired) electrons. The molecule has 0 saturated carbocycles. The van der Waals surface area contributed by atoms with Gasteiger partial charge < -0.3 is 34.4 Å². The molecule has 6 aromatic rings. The lowest BCUT2D eigenvalue weighted by Crippen LogP contribution is -2.49. The third kappa shape index (κ3) is 9.97. The summed E-state index contributed by atoms with van der Waals surface area (Å²) in [6.45, 7) is 10.1. The van der Waals surface area contributed by atoms with Gasteiger partial charge in [0, 0.05) is 63.2 Å². The summed E-state index contributed by atoms with van der Waals surface area (Å²) in [5.74, 6) is -0.580. The van der Waals surface area contributed by atoms with Gasteiger partial charge >= 0.3 is 17.8 Å². The Morgan fingerprint density at radius 2 is 1.66 bits per heavy atom. The molecular formula is C60H71F2N9O8. The van der Waals surface area contributed by atoms with E-state index in [-0.39, 0.29) is 78.3 Å². The van der Waals surface area contributed by atoms with Crippen LogP contribution in [-0.4, -0.2) is 145 Å². The van der Waals surface area contributed by atoms with Crippen LogP contribution in [0.5, 0.6) is 11.8 Å². The van der Waals surface area contributed by atoms with Crippen LogP contribution >= 0.6 is 0 Å². The third-order valence-electron chi connectivity index (χ3n) is 18.5. The van der Waals surface area contributed by atoms with Crippen molar-refractivity contribution in [2.45, 2.75) is 126 Å². The molecule has 79 heavy (non-hydrogen) atoms. The van der Waals surface area contributed by atoms with Crippen molar-refractivity contribution < 1.29 is 42.9 Å².